The van der Waals surface area contributed by atoms with Gasteiger partial charge in [-0.25, -0.2) is 0 Å². The molecule has 0 saturated heterocycles. The van der Waals surface area contributed by atoms with Crippen LogP contribution >= 0.6 is 0 Å². The molecule has 0 heterocycles. The van der Waals surface area contributed by atoms with Gasteiger partial charge in [-0.1, -0.05) is 48.5 Å². The summed E-state index contributed by atoms with van der Waals surface area (Å²) in [6.45, 7) is 0.197. The summed E-state index contributed by atoms with van der Waals surface area (Å²) < 4.78 is 21.5. The van der Waals surface area contributed by atoms with E-state index in [-0.39, 0.29) is 18.0 Å². The van der Waals surface area contributed by atoms with E-state index < -0.39 is 11.9 Å². The molecule has 1 atom stereocenters. The highest BCUT2D eigenvalue weighted by molar-refractivity contribution is 6.00. The van der Waals surface area contributed by atoms with Crippen molar-refractivity contribution in [1.82, 2.24) is 10.6 Å². The van der Waals surface area contributed by atoms with Crippen LogP contribution in [0.15, 0.2) is 66.7 Å². The van der Waals surface area contributed by atoms with E-state index >= 15 is 0 Å². The summed E-state index contributed by atoms with van der Waals surface area (Å²) in [6.07, 6.45) is 0.305. The van der Waals surface area contributed by atoms with E-state index in [2.05, 4.69) is 10.6 Å². The second-order valence-corrected chi connectivity index (χ2v) is 7.63. The van der Waals surface area contributed by atoms with Crippen molar-refractivity contribution in [3.8, 4) is 23.0 Å². The lowest BCUT2D eigenvalue weighted by atomic mass is 10.0. The van der Waals surface area contributed by atoms with Crippen LogP contribution in [0.1, 0.15) is 21.5 Å². The molecule has 0 aliphatic rings. The number of carbonyl (C=O) groups is 2. The molecule has 3 rings (SSSR count). The highest BCUT2D eigenvalue weighted by Gasteiger charge is 2.25. The Morgan fingerprint density at radius 3 is 2.00 bits per heavy atom. The lowest BCUT2D eigenvalue weighted by Crippen LogP contribution is -2.48. The van der Waals surface area contributed by atoms with Crippen LogP contribution in [0.3, 0.4) is 0 Å². The Morgan fingerprint density at radius 1 is 0.743 bits per heavy atom. The van der Waals surface area contributed by atoms with Crippen molar-refractivity contribution >= 4 is 11.8 Å². The van der Waals surface area contributed by atoms with Crippen molar-refractivity contribution in [2.45, 2.75) is 19.0 Å². The third kappa shape index (κ3) is 6.23. The van der Waals surface area contributed by atoms with Crippen LogP contribution in [0.25, 0.3) is 0 Å². The fourth-order valence-electron chi connectivity index (χ4n) is 3.76. The summed E-state index contributed by atoms with van der Waals surface area (Å²) >= 11 is 0. The minimum Gasteiger partial charge on any atom is -0.493 e. The molecule has 0 fully saturated rings. The van der Waals surface area contributed by atoms with E-state index in [1.807, 2.05) is 42.5 Å². The Balaban J connectivity index is 1.83. The average Bonchev–Trinajstić information content (AvgIpc) is 2.90. The minimum atomic E-state index is -0.836. The summed E-state index contributed by atoms with van der Waals surface area (Å²) in [6, 6.07) is 19.1. The summed E-state index contributed by atoms with van der Waals surface area (Å²) in [7, 11) is 6.06. The zero-order valence-corrected chi connectivity index (χ0v) is 20.3. The predicted octanol–water partition coefficient (Wildman–Crippen LogP) is 3.38. The van der Waals surface area contributed by atoms with Crippen molar-refractivity contribution < 1.29 is 28.5 Å². The number of para-hydroxylation sites is 2. The second kappa shape index (κ2) is 12.3. The van der Waals surface area contributed by atoms with Crippen LogP contribution in [0.2, 0.25) is 0 Å². The van der Waals surface area contributed by atoms with E-state index in [1.54, 1.807) is 38.5 Å². The lowest BCUT2D eigenvalue weighted by molar-refractivity contribution is -0.123. The first-order valence-electron chi connectivity index (χ1n) is 11.1. The topological polar surface area (TPSA) is 95.1 Å². The van der Waals surface area contributed by atoms with Gasteiger partial charge in [0.1, 0.15) is 6.04 Å². The number of rotatable bonds is 11. The van der Waals surface area contributed by atoms with Gasteiger partial charge in [0, 0.05) is 18.5 Å². The molecule has 0 saturated carbocycles. The minimum absolute atomic E-state index is 0.197. The molecule has 184 valence electrons. The maximum atomic E-state index is 13.3. The maximum absolute atomic E-state index is 13.3. The highest BCUT2D eigenvalue weighted by atomic mass is 16.5. The normalized spacial score (nSPS) is 11.2. The molecule has 0 aliphatic carbocycles. The number of nitrogens with one attached hydrogen (secondary N) is 2. The van der Waals surface area contributed by atoms with Crippen molar-refractivity contribution in [2.24, 2.45) is 0 Å². The Kier molecular flexibility index (Phi) is 8.95. The molecule has 8 nitrogen and oxygen atoms in total. The van der Waals surface area contributed by atoms with Crippen molar-refractivity contribution in [2.75, 3.05) is 28.4 Å². The van der Waals surface area contributed by atoms with Gasteiger partial charge in [0.25, 0.3) is 5.91 Å². The van der Waals surface area contributed by atoms with Crippen LogP contribution in [-0.4, -0.2) is 46.3 Å². The number of methoxy groups -OCH3 is 4. The zero-order chi connectivity index (χ0) is 25.2. The molecule has 0 unspecified atom stereocenters. The number of ether oxygens (including phenoxy) is 4. The molecule has 0 radical (unpaired) electrons. The van der Waals surface area contributed by atoms with Gasteiger partial charge in [0.05, 0.1) is 34.0 Å². The first kappa shape index (κ1) is 25.4. The molecular weight excluding hydrogens is 448 g/mol. The monoisotopic (exact) mass is 478 g/mol. The summed E-state index contributed by atoms with van der Waals surface area (Å²) in [5.74, 6) is 1.05. The van der Waals surface area contributed by atoms with Crippen LogP contribution < -0.4 is 29.6 Å². The fraction of sp³-hybridized carbons (Fsp3) is 0.259. The van der Waals surface area contributed by atoms with Crippen molar-refractivity contribution in [1.29, 1.82) is 0 Å². The molecule has 0 bridgehead atoms. The number of hydrogen-bond donors (Lipinski definition) is 2. The molecule has 3 aromatic carbocycles. The van der Waals surface area contributed by atoms with Gasteiger partial charge in [-0.3, -0.25) is 9.59 Å². The smallest absolute Gasteiger partial charge is 0.255 e. The van der Waals surface area contributed by atoms with Gasteiger partial charge in [-0.05, 0) is 23.8 Å². The largest absolute Gasteiger partial charge is 0.493 e. The molecule has 0 spiro atoms. The molecule has 3 aromatic rings. The average molecular weight is 479 g/mol. The molecule has 8 heteroatoms. The third-order valence-corrected chi connectivity index (χ3v) is 5.49. The third-order valence-electron chi connectivity index (χ3n) is 5.49. The van der Waals surface area contributed by atoms with Crippen LogP contribution in [0.5, 0.6) is 23.0 Å². The van der Waals surface area contributed by atoms with Gasteiger partial charge >= 0.3 is 0 Å². The molecule has 2 N–H and O–H groups in total. The van der Waals surface area contributed by atoms with Crippen LogP contribution in [-0.2, 0) is 17.8 Å². The van der Waals surface area contributed by atoms with Gasteiger partial charge in [-0.15, -0.1) is 0 Å². The van der Waals surface area contributed by atoms with Crippen LogP contribution in [0.4, 0.5) is 0 Å². The Bertz CT molecular complexity index is 1150. The molecule has 0 aromatic heterocycles. The molecule has 35 heavy (non-hydrogen) atoms. The first-order valence-corrected chi connectivity index (χ1v) is 11.1. The Hall–Kier alpha value is -4.20. The van der Waals surface area contributed by atoms with Crippen LogP contribution in [0, 0.1) is 0 Å². The van der Waals surface area contributed by atoms with E-state index in [1.165, 1.54) is 14.2 Å². The fourth-order valence-corrected chi connectivity index (χ4v) is 3.76. The second-order valence-electron chi connectivity index (χ2n) is 7.63. The highest BCUT2D eigenvalue weighted by Crippen LogP contribution is 2.31. The van der Waals surface area contributed by atoms with E-state index in [0.717, 1.165) is 11.1 Å². The number of hydrogen-bond acceptors (Lipinski definition) is 6. The van der Waals surface area contributed by atoms with Gasteiger partial charge in [0.2, 0.25) is 5.91 Å². The van der Waals surface area contributed by atoms with Gasteiger partial charge in [-0.2, -0.15) is 0 Å². The van der Waals surface area contributed by atoms with Gasteiger partial charge < -0.3 is 29.6 Å². The van der Waals surface area contributed by atoms with E-state index in [4.69, 9.17) is 18.9 Å². The molecule has 0 aliphatic heterocycles. The number of benzene rings is 3. The number of amides is 2. The Labute approximate surface area is 205 Å². The van der Waals surface area contributed by atoms with E-state index in [9.17, 15) is 9.59 Å². The molecular formula is C27H30N2O6. The lowest BCUT2D eigenvalue weighted by Gasteiger charge is -2.20. The Morgan fingerprint density at radius 2 is 1.37 bits per heavy atom. The first-order chi connectivity index (χ1) is 17.0. The van der Waals surface area contributed by atoms with Crippen molar-refractivity contribution in [3.63, 3.8) is 0 Å². The zero-order valence-electron chi connectivity index (χ0n) is 20.3. The molecule has 2 amide bonds. The summed E-state index contributed by atoms with van der Waals surface area (Å²) in [4.78, 5) is 26.5. The predicted molar refractivity (Wildman–Crippen MR) is 132 cm³/mol. The summed E-state index contributed by atoms with van der Waals surface area (Å²) in [5, 5.41) is 5.76. The van der Waals surface area contributed by atoms with Crippen molar-refractivity contribution in [3.05, 3.63) is 83.4 Å². The quantitative estimate of drug-likeness (QED) is 0.439. The SMILES string of the molecule is COc1cccc(CNC(=O)[C@H](Cc2ccccc2)NC(=O)c2cccc(OC)c2OC)c1OC. The van der Waals surface area contributed by atoms with Gasteiger partial charge in [0.15, 0.2) is 23.0 Å². The number of carbonyl (C=O) groups excluding carboxylic acids is 2. The summed E-state index contributed by atoms with van der Waals surface area (Å²) in [5.41, 5.74) is 1.93. The standard InChI is InChI=1S/C27H30N2O6/c1-32-22-14-8-12-19(24(22)34-3)17-28-27(31)21(16-18-10-6-5-7-11-18)29-26(30)20-13-9-15-23(33-2)25(20)35-4/h5-15,21H,16-17H2,1-4H3,(H,28,31)(H,29,30)/t21-/m0/s1. The van der Waals surface area contributed by atoms with E-state index in [0.29, 0.717) is 29.4 Å². The maximum Gasteiger partial charge on any atom is 0.255 e.